The van der Waals surface area contributed by atoms with Gasteiger partial charge in [-0.3, -0.25) is 4.79 Å². The molecular weight excluding hydrogens is 188 g/mol. The fraction of sp³-hybridized carbons (Fsp3) is 0.500. The van der Waals surface area contributed by atoms with Crippen LogP contribution in [0.3, 0.4) is 0 Å². The number of nitrogens with zero attached hydrogens (tertiary/aromatic N) is 1. The van der Waals surface area contributed by atoms with Crippen molar-refractivity contribution in [1.82, 2.24) is 9.97 Å². The second kappa shape index (κ2) is 3.06. The van der Waals surface area contributed by atoms with Gasteiger partial charge < -0.3 is 10.1 Å². The van der Waals surface area contributed by atoms with E-state index in [0.29, 0.717) is 10.7 Å². The highest BCUT2D eigenvalue weighted by Gasteiger charge is 2.30. The maximum absolute atomic E-state index is 11.4. The molecule has 1 heterocycles. The first-order valence-electron chi connectivity index (χ1n) is 4.09. The smallest absolute Gasteiger partial charge is 0.258 e. The molecule has 0 saturated heterocycles. The van der Waals surface area contributed by atoms with Gasteiger partial charge in [-0.15, -0.1) is 0 Å². The van der Waals surface area contributed by atoms with Crippen molar-refractivity contribution in [3.63, 3.8) is 0 Å². The zero-order valence-electron chi connectivity index (χ0n) is 7.20. The molecule has 1 aromatic heterocycles. The molecule has 1 aliphatic carbocycles. The quantitative estimate of drug-likeness (QED) is 0.551. The zero-order valence-corrected chi connectivity index (χ0v) is 8.02. The summed E-state index contributed by atoms with van der Waals surface area (Å²) in [6.07, 6.45) is 3.77. The molecule has 70 valence electrons. The van der Waals surface area contributed by atoms with Crippen LogP contribution in [0.4, 0.5) is 0 Å². The van der Waals surface area contributed by atoms with Crippen molar-refractivity contribution in [2.75, 3.05) is 6.26 Å². The van der Waals surface area contributed by atoms with Crippen molar-refractivity contribution in [3.05, 3.63) is 15.9 Å². The Morgan fingerprint density at radius 1 is 1.62 bits per heavy atom. The van der Waals surface area contributed by atoms with Crippen LogP contribution in [0.25, 0.3) is 0 Å². The van der Waals surface area contributed by atoms with E-state index in [1.54, 1.807) is 6.26 Å². The first-order chi connectivity index (χ1) is 6.22. The van der Waals surface area contributed by atoms with Gasteiger partial charge >= 0.3 is 0 Å². The van der Waals surface area contributed by atoms with Gasteiger partial charge in [-0.1, -0.05) is 11.8 Å². The summed E-state index contributed by atoms with van der Waals surface area (Å²) in [6.45, 7) is 0. The fourth-order valence-corrected chi connectivity index (χ4v) is 1.66. The molecule has 0 spiro atoms. The van der Waals surface area contributed by atoms with Gasteiger partial charge in [-0.2, -0.15) is 4.98 Å². The lowest BCUT2D eigenvalue weighted by molar-refractivity contribution is 0.436. The Balaban J connectivity index is 2.51. The molecule has 2 N–H and O–H groups in total. The van der Waals surface area contributed by atoms with Gasteiger partial charge in [-0.05, 0) is 25.0 Å². The van der Waals surface area contributed by atoms with Gasteiger partial charge in [0.1, 0.15) is 0 Å². The van der Waals surface area contributed by atoms with Crippen LogP contribution in [0, 0.1) is 0 Å². The predicted molar refractivity (Wildman–Crippen MR) is 50.3 cm³/mol. The molecule has 0 bridgehead atoms. The molecule has 4 nitrogen and oxygen atoms in total. The summed E-state index contributed by atoms with van der Waals surface area (Å²) >= 11 is 1.31. The van der Waals surface area contributed by atoms with E-state index < -0.39 is 0 Å². The lowest BCUT2D eigenvalue weighted by Crippen LogP contribution is -2.13. The Kier molecular flexibility index (Phi) is 2.03. The number of aromatic hydroxyl groups is 1. The van der Waals surface area contributed by atoms with Crippen molar-refractivity contribution in [3.8, 4) is 5.88 Å². The molecule has 13 heavy (non-hydrogen) atoms. The van der Waals surface area contributed by atoms with Gasteiger partial charge in [0, 0.05) is 0 Å². The lowest BCUT2D eigenvalue weighted by Gasteiger charge is -2.01. The van der Waals surface area contributed by atoms with Crippen LogP contribution in [0.5, 0.6) is 5.88 Å². The van der Waals surface area contributed by atoms with Gasteiger partial charge in [0.15, 0.2) is 5.16 Å². The van der Waals surface area contributed by atoms with E-state index in [1.165, 1.54) is 11.8 Å². The van der Waals surface area contributed by atoms with Gasteiger partial charge in [0.25, 0.3) is 5.56 Å². The Bertz CT molecular complexity index is 384. The summed E-state index contributed by atoms with van der Waals surface area (Å²) < 4.78 is 0. The van der Waals surface area contributed by atoms with E-state index in [2.05, 4.69) is 9.97 Å². The minimum absolute atomic E-state index is 0.101. The lowest BCUT2D eigenvalue weighted by atomic mass is 10.2. The number of aromatic amines is 1. The van der Waals surface area contributed by atoms with Crippen LogP contribution in [0.2, 0.25) is 0 Å². The Hall–Kier alpha value is -0.970. The van der Waals surface area contributed by atoms with Crippen molar-refractivity contribution < 1.29 is 5.11 Å². The number of rotatable bonds is 2. The van der Waals surface area contributed by atoms with Crippen molar-refractivity contribution in [2.24, 2.45) is 0 Å². The number of aromatic nitrogens is 2. The standard InChI is InChI=1S/C8H10N2O2S/c1-13-8-9-6(11)5(4-2-3-4)7(12)10-8/h4H,2-3H2,1H3,(H2,9,10,11,12). The molecule has 0 unspecified atom stereocenters. The first kappa shape index (κ1) is 8.62. The second-order valence-corrected chi connectivity index (χ2v) is 3.88. The van der Waals surface area contributed by atoms with E-state index in [1.807, 2.05) is 0 Å². The van der Waals surface area contributed by atoms with E-state index in [4.69, 9.17) is 0 Å². The number of hydrogen-bond acceptors (Lipinski definition) is 4. The summed E-state index contributed by atoms with van der Waals surface area (Å²) in [6, 6.07) is 0. The predicted octanol–water partition coefficient (Wildman–Crippen LogP) is 1.07. The van der Waals surface area contributed by atoms with Crippen molar-refractivity contribution in [2.45, 2.75) is 23.9 Å². The number of hydrogen-bond donors (Lipinski definition) is 2. The molecule has 1 saturated carbocycles. The molecule has 1 aromatic rings. The van der Waals surface area contributed by atoms with Crippen LogP contribution < -0.4 is 5.56 Å². The number of H-pyrrole nitrogens is 1. The SMILES string of the molecule is CSc1nc(O)c(C2CC2)c(=O)[nH]1. The molecule has 5 heteroatoms. The summed E-state index contributed by atoms with van der Waals surface area (Å²) in [5, 5.41) is 9.93. The molecule has 0 aromatic carbocycles. The van der Waals surface area contributed by atoms with Crippen LogP contribution in [-0.4, -0.2) is 21.3 Å². The summed E-state index contributed by atoms with van der Waals surface area (Å²) in [4.78, 5) is 17.9. The largest absolute Gasteiger partial charge is 0.493 e. The second-order valence-electron chi connectivity index (χ2n) is 3.09. The Morgan fingerprint density at radius 3 is 2.77 bits per heavy atom. The highest BCUT2D eigenvalue weighted by Crippen LogP contribution is 2.41. The normalized spacial score (nSPS) is 16.1. The van der Waals surface area contributed by atoms with Gasteiger partial charge in [0.2, 0.25) is 5.88 Å². The maximum atomic E-state index is 11.4. The van der Waals surface area contributed by atoms with E-state index >= 15 is 0 Å². The van der Waals surface area contributed by atoms with Crippen LogP contribution in [-0.2, 0) is 0 Å². The number of nitrogens with one attached hydrogen (secondary N) is 1. The van der Waals surface area contributed by atoms with Gasteiger partial charge in [-0.25, -0.2) is 0 Å². The summed E-state index contributed by atoms with van der Waals surface area (Å²) in [5.74, 6) is 0.128. The fourth-order valence-electron chi connectivity index (χ4n) is 1.29. The minimum Gasteiger partial charge on any atom is -0.493 e. The molecule has 2 rings (SSSR count). The summed E-state index contributed by atoms with van der Waals surface area (Å²) in [5.41, 5.74) is 0.261. The van der Waals surface area contributed by atoms with E-state index in [0.717, 1.165) is 12.8 Å². The Morgan fingerprint density at radius 2 is 2.31 bits per heavy atom. The van der Waals surface area contributed by atoms with Gasteiger partial charge in [0.05, 0.1) is 5.56 Å². The Labute approximate surface area is 79.4 Å². The molecule has 0 radical (unpaired) electrons. The average Bonchev–Trinajstić information content (AvgIpc) is 2.87. The first-order valence-corrected chi connectivity index (χ1v) is 5.32. The zero-order chi connectivity index (χ0) is 9.42. The molecule has 0 atom stereocenters. The maximum Gasteiger partial charge on any atom is 0.258 e. The topological polar surface area (TPSA) is 66.0 Å². The number of thioether (sulfide) groups is 1. The molecule has 0 aliphatic heterocycles. The monoisotopic (exact) mass is 198 g/mol. The third kappa shape index (κ3) is 1.56. The molecule has 1 aliphatic rings. The third-order valence-corrected chi connectivity index (χ3v) is 2.67. The van der Waals surface area contributed by atoms with Crippen molar-refractivity contribution >= 4 is 11.8 Å². The van der Waals surface area contributed by atoms with E-state index in [9.17, 15) is 9.90 Å². The van der Waals surface area contributed by atoms with Crippen LogP contribution in [0.1, 0.15) is 24.3 Å². The molecular formula is C8H10N2O2S. The van der Waals surface area contributed by atoms with Crippen molar-refractivity contribution in [1.29, 1.82) is 0 Å². The molecule has 0 amide bonds. The van der Waals surface area contributed by atoms with Crippen LogP contribution >= 0.6 is 11.8 Å². The highest BCUT2D eigenvalue weighted by atomic mass is 32.2. The van der Waals surface area contributed by atoms with E-state index in [-0.39, 0.29) is 17.4 Å². The molecule has 1 fully saturated rings. The minimum atomic E-state index is -0.195. The van der Waals surface area contributed by atoms with Crippen LogP contribution in [0.15, 0.2) is 9.95 Å². The third-order valence-electron chi connectivity index (χ3n) is 2.09. The highest BCUT2D eigenvalue weighted by molar-refractivity contribution is 7.98. The average molecular weight is 198 g/mol. The summed E-state index contributed by atoms with van der Waals surface area (Å²) in [7, 11) is 0.